The number of nitrogens with zero attached hydrogens (tertiary/aromatic N) is 5. The topological polar surface area (TPSA) is 107 Å². The van der Waals surface area contributed by atoms with E-state index in [0.29, 0.717) is 37.5 Å². The van der Waals surface area contributed by atoms with Crippen LogP contribution in [0.1, 0.15) is 87.1 Å². The number of Topliss-reactive ketones (excluding diaryl/α,β-unsaturated/α-hetero) is 2. The van der Waals surface area contributed by atoms with Crippen molar-refractivity contribution in [2.24, 2.45) is 0 Å². The molecule has 212 valence electrons. The summed E-state index contributed by atoms with van der Waals surface area (Å²) < 4.78 is 7.84. The predicted molar refractivity (Wildman–Crippen MR) is 152 cm³/mol. The van der Waals surface area contributed by atoms with Gasteiger partial charge in [0.25, 0.3) is 0 Å². The van der Waals surface area contributed by atoms with E-state index >= 15 is 0 Å². The lowest BCUT2D eigenvalue weighted by Crippen LogP contribution is -2.47. The van der Waals surface area contributed by atoms with Crippen LogP contribution in [0.4, 0.5) is 0 Å². The number of benzene rings is 1. The molecule has 4 heterocycles. The zero-order chi connectivity index (χ0) is 28.2. The van der Waals surface area contributed by atoms with Gasteiger partial charge in [0.05, 0.1) is 11.6 Å². The van der Waals surface area contributed by atoms with Crippen molar-refractivity contribution in [3.8, 4) is 11.1 Å². The van der Waals surface area contributed by atoms with Crippen LogP contribution in [0.5, 0.6) is 0 Å². The fourth-order valence-corrected chi connectivity index (χ4v) is 6.06. The number of hydrogen-bond acceptors (Lipinski definition) is 7. The normalized spacial score (nSPS) is 21.0. The number of ether oxygens (including phenoxy) is 1. The van der Waals surface area contributed by atoms with Gasteiger partial charge in [-0.1, -0.05) is 32.6 Å². The Labute approximate surface area is 235 Å². The zero-order valence-corrected chi connectivity index (χ0v) is 23.8. The number of aromatic nitrogens is 4. The number of aryl methyl sites for hydroxylation is 2. The molecule has 2 atom stereocenters. The molecular weight excluding hydrogens is 506 g/mol. The van der Waals surface area contributed by atoms with Crippen LogP contribution < -0.4 is 0 Å². The monoisotopic (exact) mass is 545 g/mol. The van der Waals surface area contributed by atoms with Crippen molar-refractivity contribution in [2.75, 3.05) is 13.2 Å². The van der Waals surface area contributed by atoms with Crippen molar-refractivity contribution >= 4 is 28.4 Å². The summed E-state index contributed by atoms with van der Waals surface area (Å²) in [5.74, 6) is 0.382. The van der Waals surface area contributed by atoms with E-state index in [1.54, 1.807) is 22.0 Å². The Bertz CT molecular complexity index is 1400. The second-order valence-corrected chi connectivity index (χ2v) is 11.0. The lowest BCUT2D eigenvalue weighted by Gasteiger charge is -2.27. The van der Waals surface area contributed by atoms with Crippen LogP contribution in [0.15, 0.2) is 24.5 Å². The van der Waals surface area contributed by atoms with Crippen molar-refractivity contribution in [1.29, 1.82) is 0 Å². The molecule has 0 radical (unpaired) electrons. The Hall–Kier alpha value is -3.46. The summed E-state index contributed by atoms with van der Waals surface area (Å²) >= 11 is 0. The van der Waals surface area contributed by atoms with Gasteiger partial charge >= 0.3 is 0 Å². The van der Waals surface area contributed by atoms with Gasteiger partial charge in [0.1, 0.15) is 24.1 Å². The quantitative estimate of drug-likeness (QED) is 0.431. The van der Waals surface area contributed by atoms with Crippen molar-refractivity contribution < 1.29 is 19.1 Å². The first-order valence-corrected chi connectivity index (χ1v) is 14.6. The molecule has 1 fully saturated rings. The average Bonchev–Trinajstić information content (AvgIpc) is 3.53. The Morgan fingerprint density at radius 1 is 1.02 bits per heavy atom. The molecule has 40 heavy (non-hydrogen) atoms. The second-order valence-electron chi connectivity index (χ2n) is 11.0. The molecule has 1 saturated heterocycles. The summed E-state index contributed by atoms with van der Waals surface area (Å²) in [7, 11) is 0. The summed E-state index contributed by atoms with van der Waals surface area (Å²) in [6.45, 7) is 6.23. The Morgan fingerprint density at radius 3 is 2.48 bits per heavy atom. The highest BCUT2D eigenvalue weighted by atomic mass is 16.5. The number of rotatable bonds is 4. The molecule has 9 nitrogen and oxygen atoms in total. The van der Waals surface area contributed by atoms with Gasteiger partial charge in [-0.25, -0.2) is 9.97 Å². The largest absolute Gasteiger partial charge is 0.376 e. The number of ketones is 2. The fraction of sp³-hybridized carbons (Fsp3) is 0.548. The number of hydrogen-bond donors (Lipinski definition) is 0. The third kappa shape index (κ3) is 5.84. The molecule has 9 heteroatoms. The lowest BCUT2D eigenvalue weighted by molar-refractivity contribution is -0.141. The molecule has 2 aromatic heterocycles. The van der Waals surface area contributed by atoms with Crippen molar-refractivity contribution in [3.63, 3.8) is 0 Å². The smallest absolute Gasteiger partial charge is 0.245 e. The molecule has 0 saturated carbocycles. The zero-order valence-electron chi connectivity index (χ0n) is 23.8. The maximum absolute atomic E-state index is 13.8. The maximum atomic E-state index is 13.8. The summed E-state index contributed by atoms with van der Waals surface area (Å²) in [4.78, 5) is 49.9. The first-order valence-electron chi connectivity index (χ1n) is 14.6. The SMILES string of the molecule is CCC(=O)[C@@H]1[C@H]2CCN1C(=O)Cn1nc(C(C)=O)c3cc(-c4cnc(C)nc4)cc(c31)CCCCCCCCO2. The molecule has 2 bridgehead atoms. The van der Waals surface area contributed by atoms with Gasteiger partial charge in [0, 0.05) is 49.8 Å². The third-order valence-electron chi connectivity index (χ3n) is 8.17. The van der Waals surface area contributed by atoms with Gasteiger partial charge in [0.15, 0.2) is 11.6 Å². The minimum atomic E-state index is -0.574. The van der Waals surface area contributed by atoms with Gasteiger partial charge in [0.2, 0.25) is 5.91 Å². The van der Waals surface area contributed by atoms with E-state index in [-0.39, 0.29) is 30.1 Å². The number of fused-ring (bicyclic) bond motifs is 2. The van der Waals surface area contributed by atoms with Crippen LogP contribution in [-0.4, -0.2) is 67.4 Å². The first-order chi connectivity index (χ1) is 19.4. The molecule has 0 unspecified atom stereocenters. The fourth-order valence-electron chi connectivity index (χ4n) is 6.06. The van der Waals surface area contributed by atoms with Crippen molar-refractivity contribution in [1.82, 2.24) is 24.6 Å². The highest BCUT2D eigenvalue weighted by Crippen LogP contribution is 2.32. The van der Waals surface area contributed by atoms with Gasteiger partial charge in [-0.15, -0.1) is 0 Å². The van der Waals surface area contributed by atoms with Crippen LogP contribution in [0.3, 0.4) is 0 Å². The molecule has 5 rings (SSSR count). The summed E-state index contributed by atoms with van der Waals surface area (Å²) in [6, 6.07) is 3.51. The van der Waals surface area contributed by atoms with Crippen LogP contribution in [0, 0.1) is 6.92 Å². The Kier molecular flexibility index (Phi) is 8.69. The minimum Gasteiger partial charge on any atom is -0.376 e. The number of carbonyl (C=O) groups is 3. The highest BCUT2D eigenvalue weighted by Gasteiger charge is 2.41. The highest BCUT2D eigenvalue weighted by molar-refractivity contribution is 6.07. The van der Waals surface area contributed by atoms with E-state index in [9.17, 15) is 14.4 Å². The molecule has 2 aliphatic heterocycles. The van der Waals surface area contributed by atoms with Crippen LogP contribution in [0.25, 0.3) is 22.0 Å². The summed E-state index contributed by atoms with van der Waals surface area (Å²) in [6.07, 6.45) is 11.5. The molecule has 2 aliphatic rings. The summed E-state index contributed by atoms with van der Waals surface area (Å²) in [5.41, 5.74) is 4.00. The minimum absolute atomic E-state index is 0.0224. The third-order valence-corrected chi connectivity index (χ3v) is 8.17. The van der Waals surface area contributed by atoms with Crippen molar-refractivity contribution in [2.45, 2.75) is 97.2 Å². The molecule has 0 spiro atoms. The number of carbonyl (C=O) groups excluding carboxylic acids is 3. The van der Waals surface area contributed by atoms with Crippen LogP contribution in [0.2, 0.25) is 0 Å². The standard InChI is InChI=1S/C31H39N5O4/c1-4-26(38)31-27-12-13-35(31)28(39)19-36-30-22(11-9-7-5-6-8-10-14-40-27)15-23(24-17-32-21(3)33-18-24)16-25(30)29(34-36)20(2)37/h15-18,27,31H,4-14,19H2,1-3H3/t27-,31-/m1/s1. The summed E-state index contributed by atoms with van der Waals surface area (Å²) in [5, 5.41) is 5.41. The second kappa shape index (κ2) is 12.4. The van der Waals surface area contributed by atoms with E-state index in [1.165, 1.54) is 6.92 Å². The average molecular weight is 546 g/mol. The van der Waals surface area contributed by atoms with Gasteiger partial charge < -0.3 is 9.64 Å². The lowest BCUT2D eigenvalue weighted by atomic mass is 9.96. The van der Waals surface area contributed by atoms with E-state index in [0.717, 1.165) is 72.5 Å². The molecule has 0 aliphatic carbocycles. The van der Waals surface area contributed by atoms with E-state index in [2.05, 4.69) is 21.1 Å². The molecular formula is C31H39N5O4. The van der Waals surface area contributed by atoms with Crippen LogP contribution >= 0.6 is 0 Å². The van der Waals surface area contributed by atoms with Crippen LogP contribution in [-0.2, 0) is 27.3 Å². The first kappa shape index (κ1) is 28.1. The van der Waals surface area contributed by atoms with Crippen molar-refractivity contribution in [3.05, 3.63) is 41.6 Å². The van der Waals surface area contributed by atoms with Gasteiger partial charge in [-0.05, 0) is 55.9 Å². The van der Waals surface area contributed by atoms with E-state index in [1.807, 2.05) is 19.9 Å². The number of amides is 1. The molecule has 1 aromatic carbocycles. The maximum Gasteiger partial charge on any atom is 0.245 e. The van der Waals surface area contributed by atoms with Gasteiger partial charge in [-0.3, -0.25) is 19.1 Å². The molecule has 0 N–H and O–H groups in total. The van der Waals surface area contributed by atoms with E-state index < -0.39 is 6.04 Å². The Balaban J connectivity index is 1.59. The predicted octanol–water partition coefficient (Wildman–Crippen LogP) is 4.87. The molecule has 3 aromatic rings. The molecule has 1 amide bonds. The Morgan fingerprint density at radius 2 is 1.75 bits per heavy atom. The van der Waals surface area contributed by atoms with Gasteiger partial charge in [-0.2, -0.15) is 5.10 Å². The van der Waals surface area contributed by atoms with E-state index in [4.69, 9.17) is 4.74 Å².